The fourth-order valence-corrected chi connectivity index (χ4v) is 3.84. The van der Waals surface area contributed by atoms with Crippen molar-refractivity contribution in [1.29, 1.82) is 0 Å². The Morgan fingerprint density at radius 2 is 1.94 bits per heavy atom. The Hall–Kier alpha value is -3.65. The topological polar surface area (TPSA) is 85.3 Å². The van der Waals surface area contributed by atoms with Crippen LogP contribution in [-0.2, 0) is 18.3 Å². The van der Waals surface area contributed by atoms with Gasteiger partial charge in [-0.3, -0.25) is 9.59 Å². The maximum atomic E-state index is 12.2. The van der Waals surface area contributed by atoms with Crippen molar-refractivity contribution in [2.24, 2.45) is 7.05 Å². The lowest BCUT2D eigenvalue weighted by atomic mass is 10.2. The lowest BCUT2D eigenvalue weighted by Crippen LogP contribution is -2.25. The van der Waals surface area contributed by atoms with E-state index in [4.69, 9.17) is 4.74 Å². The minimum atomic E-state index is -0.240. The summed E-state index contributed by atoms with van der Waals surface area (Å²) >= 11 is 1.42. The van der Waals surface area contributed by atoms with E-state index < -0.39 is 0 Å². The van der Waals surface area contributed by atoms with Gasteiger partial charge in [0, 0.05) is 25.7 Å². The molecular formula is C23H22N4O3S. The molecule has 0 spiro atoms. The number of imidazole rings is 1. The van der Waals surface area contributed by atoms with Crippen LogP contribution in [0.15, 0.2) is 66.0 Å². The lowest BCUT2D eigenvalue weighted by Gasteiger charge is -2.07. The summed E-state index contributed by atoms with van der Waals surface area (Å²) in [6.45, 7) is 0.424. The second-order valence-corrected chi connectivity index (χ2v) is 7.87. The molecule has 0 unspecified atom stereocenters. The molecule has 4 aromatic rings. The molecule has 2 N–H and O–H groups in total. The number of amides is 2. The summed E-state index contributed by atoms with van der Waals surface area (Å²) < 4.78 is 7.47. The van der Waals surface area contributed by atoms with Gasteiger partial charge >= 0.3 is 0 Å². The first-order valence-corrected chi connectivity index (χ1v) is 10.7. The number of nitrogens with one attached hydrogen (secondary N) is 2. The number of hydrogen-bond acceptors (Lipinski definition) is 5. The number of nitrogens with zero attached hydrogens (tertiary/aromatic N) is 2. The molecule has 0 radical (unpaired) electrons. The van der Waals surface area contributed by atoms with Crippen molar-refractivity contribution in [2.75, 3.05) is 18.5 Å². The predicted octanol–water partition coefficient (Wildman–Crippen LogP) is 3.62. The summed E-state index contributed by atoms with van der Waals surface area (Å²) in [5.74, 6) is 1.19. The second kappa shape index (κ2) is 9.44. The minimum absolute atomic E-state index is 0.0700. The van der Waals surface area contributed by atoms with Gasteiger partial charge in [-0.2, -0.15) is 0 Å². The molecule has 158 valence electrons. The van der Waals surface area contributed by atoms with Crippen LogP contribution in [0.25, 0.3) is 11.0 Å². The molecule has 4 rings (SSSR count). The zero-order valence-electron chi connectivity index (χ0n) is 17.0. The van der Waals surface area contributed by atoms with Crippen LogP contribution in [0.5, 0.6) is 5.75 Å². The highest BCUT2D eigenvalue weighted by molar-refractivity contribution is 7.12. The van der Waals surface area contributed by atoms with Gasteiger partial charge < -0.3 is 19.9 Å². The van der Waals surface area contributed by atoms with Crippen molar-refractivity contribution in [2.45, 2.75) is 6.42 Å². The van der Waals surface area contributed by atoms with E-state index in [1.165, 1.54) is 11.3 Å². The number of para-hydroxylation sites is 1. The molecule has 2 aromatic carbocycles. The molecule has 7 nitrogen and oxygen atoms in total. The van der Waals surface area contributed by atoms with E-state index in [0.29, 0.717) is 29.3 Å². The number of benzene rings is 2. The Morgan fingerprint density at radius 3 is 2.71 bits per heavy atom. The van der Waals surface area contributed by atoms with E-state index in [0.717, 1.165) is 16.9 Å². The third-order valence-electron chi connectivity index (χ3n) is 4.75. The monoisotopic (exact) mass is 434 g/mol. The first-order valence-electron chi connectivity index (χ1n) is 9.85. The van der Waals surface area contributed by atoms with Crippen LogP contribution in [0.3, 0.4) is 0 Å². The molecule has 0 aliphatic heterocycles. The number of carbonyl (C=O) groups is 2. The molecule has 0 atom stereocenters. The van der Waals surface area contributed by atoms with Gasteiger partial charge in [-0.1, -0.05) is 24.3 Å². The highest BCUT2D eigenvalue weighted by Gasteiger charge is 2.11. The van der Waals surface area contributed by atoms with Crippen LogP contribution in [0, 0.1) is 0 Å². The number of fused-ring (bicyclic) bond motifs is 1. The van der Waals surface area contributed by atoms with Gasteiger partial charge in [0.2, 0.25) is 0 Å². The number of anilines is 1. The highest BCUT2D eigenvalue weighted by atomic mass is 32.1. The van der Waals surface area contributed by atoms with Crippen LogP contribution in [-0.4, -0.2) is 34.5 Å². The molecule has 31 heavy (non-hydrogen) atoms. The summed E-state index contributed by atoms with van der Waals surface area (Å²) in [4.78, 5) is 29.6. The third kappa shape index (κ3) is 5.10. The SMILES string of the molecule is Cn1c(CCNC(=O)c2cccs2)nc2cc(NC(=O)COc3ccccc3)ccc21. The van der Waals surface area contributed by atoms with Gasteiger partial charge in [0.25, 0.3) is 11.8 Å². The van der Waals surface area contributed by atoms with Gasteiger partial charge in [-0.15, -0.1) is 11.3 Å². The normalized spacial score (nSPS) is 10.7. The van der Waals surface area contributed by atoms with Gasteiger partial charge in [0.05, 0.1) is 15.9 Å². The van der Waals surface area contributed by atoms with Crippen LogP contribution in [0.1, 0.15) is 15.5 Å². The van der Waals surface area contributed by atoms with Crippen LogP contribution in [0.2, 0.25) is 0 Å². The first-order chi connectivity index (χ1) is 15.1. The Balaban J connectivity index is 1.35. The molecule has 0 saturated carbocycles. The molecule has 0 aliphatic rings. The molecule has 8 heteroatoms. The number of aromatic nitrogens is 2. The van der Waals surface area contributed by atoms with Gasteiger partial charge in [-0.25, -0.2) is 4.98 Å². The Bertz CT molecular complexity index is 1190. The zero-order valence-corrected chi connectivity index (χ0v) is 17.8. The summed E-state index contributed by atoms with van der Waals surface area (Å²) in [6.07, 6.45) is 0.606. The lowest BCUT2D eigenvalue weighted by molar-refractivity contribution is -0.118. The number of aryl methyl sites for hydroxylation is 1. The minimum Gasteiger partial charge on any atom is -0.484 e. The summed E-state index contributed by atoms with van der Waals surface area (Å²) in [5.41, 5.74) is 2.40. The summed E-state index contributed by atoms with van der Waals surface area (Å²) in [6, 6.07) is 18.5. The van der Waals surface area contributed by atoms with Crippen molar-refractivity contribution < 1.29 is 14.3 Å². The fraction of sp³-hybridized carbons (Fsp3) is 0.174. The van der Waals surface area contributed by atoms with E-state index in [1.54, 1.807) is 18.2 Å². The standard InChI is InChI=1S/C23H22N4O3S/c1-27-19-10-9-16(25-22(28)15-30-17-6-3-2-4-7-17)14-18(19)26-21(27)11-12-24-23(29)20-8-5-13-31-20/h2-10,13-14H,11-12,15H2,1H3,(H,24,29)(H,25,28). The molecule has 0 bridgehead atoms. The quantitative estimate of drug-likeness (QED) is 0.444. The molecule has 2 heterocycles. The Morgan fingerprint density at radius 1 is 1.10 bits per heavy atom. The smallest absolute Gasteiger partial charge is 0.262 e. The number of carbonyl (C=O) groups excluding carboxylic acids is 2. The van der Waals surface area contributed by atoms with E-state index in [2.05, 4.69) is 15.6 Å². The average Bonchev–Trinajstić information content (AvgIpc) is 3.42. The average molecular weight is 435 g/mol. The van der Waals surface area contributed by atoms with Gasteiger partial charge in [0.1, 0.15) is 11.6 Å². The number of hydrogen-bond donors (Lipinski definition) is 2. The maximum Gasteiger partial charge on any atom is 0.262 e. The first kappa shape index (κ1) is 20.6. The Labute approximate surface area is 183 Å². The summed E-state index contributed by atoms with van der Waals surface area (Å²) in [7, 11) is 1.94. The molecule has 2 aromatic heterocycles. The van der Waals surface area contributed by atoms with Gasteiger partial charge in [-0.05, 0) is 41.8 Å². The highest BCUT2D eigenvalue weighted by Crippen LogP contribution is 2.20. The van der Waals surface area contributed by atoms with Crippen molar-refractivity contribution >= 4 is 39.9 Å². The van der Waals surface area contributed by atoms with Crippen molar-refractivity contribution in [3.8, 4) is 5.75 Å². The van der Waals surface area contributed by atoms with Crippen LogP contribution in [0.4, 0.5) is 5.69 Å². The van der Waals surface area contributed by atoms with Gasteiger partial charge in [0.15, 0.2) is 6.61 Å². The zero-order chi connectivity index (χ0) is 21.6. The number of rotatable bonds is 8. The molecule has 0 saturated heterocycles. The van der Waals surface area contributed by atoms with Crippen molar-refractivity contribution in [1.82, 2.24) is 14.9 Å². The second-order valence-electron chi connectivity index (χ2n) is 6.92. The molecular weight excluding hydrogens is 412 g/mol. The Kier molecular flexibility index (Phi) is 6.28. The molecule has 0 aliphatic carbocycles. The number of thiophene rings is 1. The van der Waals surface area contributed by atoms with Crippen LogP contribution >= 0.6 is 11.3 Å². The van der Waals surface area contributed by atoms with E-state index >= 15 is 0 Å². The van der Waals surface area contributed by atoms with E-state index in [1.807, 2.05) is 59.5 Å². The maximum absolute atomic E-state index is 12.2. The number of ether oxygens (including phenoxy) is 1. The summed E-state index contributed by atoms with van der Waals surface area (Å²) in [5, 5.41) is 7.63. The van der Waals surface area contributed by atoms with Crippen molar-refractivity contribution in [3.63, 3.8) is 0 Å². The predicted molar refractivity (Wildman–Crippen MR) is 122 cm³/mol. The third-order valence-corrected chi connectivity index (χ3v) is 5.62. The largest absolute Gasteiger partial charge is 0.484 e. The van der Waals surface area contributed by atoms with Crippen LogP contribution < -0.4 is 15.4 Å². The van der Waals surface area contributed by atoms with Crippen molar-refractivity contribution in [3.05, 3.63) is 76.7 Å². The fourth-order valence-electron chi connectivity index (χ4n) is 3.20. The van der Waals surface area contributed by atoms with E-state index in [-0.39, 0.29) is 18.4 Å². The molecule has 0 fully saturated rings. The molecule has 2 amide bonds. The van der Waals surface area contributed by atoms with E-state index in [9.17, 15) is 9.59 Å².